The van der Waals surface area contributed by atoms with Crippen molar-refractivity contribution in [3.05, 3.63) is 18.7 Å². The van der Waals surface area contributed by atoms with Crippen molar-refractivity contribution in [2.24, 2.45) is 7.05 Å². The minimum Gasteiger partial charge on any atom is -0.369 e. The highest BCUT2D eigenvalue weighted by Gasteiger charge is 2.18. The van der Waals surface area contributed by atoms with Crippen molar-refractivity contribution in [1.82, 2.24) is 4.57 Å². The Balaban J connectivity index is 2.78. The number of hydrogen-bond donors (Lipinski definition) is 0. The number of aromatic nitrogens is 2. The van der Waals surface area contributed by atoms with Crippen molar-refractivity contribution in [2.75, 3.05) is 7.11 Å². The van der Waals surface area contributed by atoms with Gasteiger partial charge >= 0.3 is 5.91 Å². The lowest BCUT2D eigenvalue weighted by atomic mass is 10.4. The summed E-state index contributed by atoms with van der Waals surface area (Å²) in [5.41, 5.74) is 0. The van der Waals surface area contributed by atoms with Gasteiger partial charge in [0, 0.05) is 7.11 Å². The molecular weight excluding hydrogens is 156 g/mol. The first-order chi connectivity index (χ1) is 5.65. The number of rotatable bonds is 2. The number of carbonyl (C=O) groups excluding carboxylic acids is 1. The molecule has 1 unspecified atom stereocenters. The van der Waals surface area contributed by atoms with Gasteiger partial charge in [0.05, 0.1) is 7.05 Å². The first-order valence-electron chi connectivity index (χ1n) is 3.75. The highest BCUT2D eigenvalue weighted by Crippen LogP contribution is 1.93. The second kappa shape index (κ2) is 3.49. The molecule has 0 aliphatic rings. The molecule has 1 heterocycles. The molecule has 0 bridgehead atoms. The van der Waals surface area contributed by atoms with Crippen molar-refractivity contribution in [3.63, 3.8) is 0 Å². The number of imidazole rings is 1. The minimum absolute atomic E-state index is 0.0573. The average Bonchev–Trinajstić information content (AvgIpc) is 2.49. The maximum absolute atomic E-state index is 11.4. The predicted octanol–water partition coefficient (Wildman–Crippen LogP) is -0.0123. The van der Waals surface area contributed by atoms with E-state index in [2.05, 4.69) is 0 Å². The quantitative estimate of drug-likeness (QED) is 0.583. The molecule has 0 spiro atoms. The van der Waals surface area contributed by atoms with Gasteiger partial charge in [0.2, 0.25) is 0 Å². The van der Waals surface area contributed by atoms with E-state index in [0.29, 0.717) is 0 Å². The number of carbonyl (C=O) groups is 1. The number of aryl methyl sites for hydroxylation is 1. The molecule has 4 nitrogen and oxygen atoms in total. The summed E-state index contributed by atoms with van der Waals surface area (Å²) < 4.78 is 8.21. The molecule has 0 aliphatic carbocycles. The molecule has 0 N–H and O–H groups in total. The highest BCUT2D eigenvalue weighted by atomic mass is 16.5. The molecule has 0 aromatic carbocycles. The molecule has 1 atom stereocenters. The lowest BCUT2D eigenvalue weighted by Crippen LogP contribution is -2.28. The van der Waals surface area contributed by atoms with E-state index in [9.17, 15) is 4.79 Å². The Bertz CT molecular complexity index is 280. The zero-order valence-electron chi connectivity index (χ0n) is 7.52. The van der Waals surface area contributed by atoms with Crippen LogP contribution in [0.25, 0.3) is 0 Å². The molecular formula is C8H13N2O2+. The zero-order valence-corrected chi connectivity index (χ0v) is 7.52. The minimum atomic E-state index is -0.391. The van der Waals surface area contributed by atoms with Gasteiger partial charge in [-0.05, 0) is 6.92 Å². The zero-order chi connectivity index (χ0) is 9.14. The summed E-state index contributed by atoms with van der Waals surface area (Å²) in [7, 11) is 3.38. The van der Waals surface area contributed by atoms with Gasteiger partial charge in [0.15, 0.2) is 6.10 Å². The van der Waals surface area contributed by atoms with Crippen LogP contribution < -0.4 is 4.57 Å². The Kier molecular flexibility index (Phi) is 2.60. The summed E-state index contributed by atoms with van der Waals surface area (Å²) in [5.74, 6) is -0.0573. The molecule has 1 aromatic heterocycles. The number of hydrogen-bond acceptors (Lipinski definition) is 2. The molecule has 0 saturated heterocycles. The summed E-state index contributed by atoms with van der Waals surface area (Å²) >= 11 is 0. The van der Waals surface area contributed by atoms with Crippen molar-refractivity contribution < 1.29 is 14.1 Å². The van der Waals surface area contributed by atoms with Crippen LogP contribution in [0.15, 0.2) is 18.7 Å². The fraction of sp³-hybridized carbons (Fsp3) is 0.500. The maximum atomic E-state index is 11.4. The van der Waals surface area contributed by atoms with Gasteiger partial charge in [-0.1, -0.05) is 0 Å². The SMILES string of the molecule is COC(C)C(=O)n1cc[n+](C)c1. The third-order valence-electron chi connectivity index (χ3n) is 1.72. The van der Waals surface area contributed by atoms with Crippen LogP contribution in [-0.2, 0) is 11.8 Å². The van der Waals surface area contributed by atoms with Gasteiger partial charge in [-0.15, -0.1) is 0 Å². The third kappa shape index (κ3) is 1.71. The van der Waals surface area contributed by atoms with Gasteiger partial charge < -0.3 is 4.74 Å². The lowest BCUT2D eigenvalue weighted by Gasteiger charge is -2.02. The smallest absolute Gasteiger partial charge is 0.342 e. The first kappa shape index (κ1) is 8.93. The Morgan fingerprint density at radius 2 is 2.33 bits per heavy atom. The summed E-state index contributed by atoms with van der Waals surface area (Å²) in [4.78, 5) is 11.4. The van der Waals surface area contributed by atoms with Gasteiger partial charge in [0.25, 0.3) is 6.33 Å². The summed E-state index contributed by atoms with van der Waals surface area (Å²) in [6.45, 7) is 1.72. The maximum Gasteiger partial charge on any atom is 0.342 e. The van der Waals surface area contributed by atoms with Crippen LogP contribution >= 0.6 is 0 Å². The molecule has 0 radical (unpaired) electrons. The van der Waals surface area contributed by atoms with Gasteiger partial charge in [0.1, 0.15) is 12.4 Å². The van der Waals surface area contributed by atoms with E-state index in [1.807, 2.05) is 7.05 Å². The molecule has 66 valence electrons. The highest BCUT2D eigenvalue weighted by molar-refractivity contribution is 5.82. The van der Waals surface area contributed by atoms with Gasteiger partial charge in [-0.3, -0.25) is 0 Å². The van der Waals surface area contributed by atoms with Crippen LogP contribution in [0.3, 0.4) is 0 Å². The molecule has 12 heavy (non-hydrogen) atoms. The van der Waals surface area contributed by atoms with E-state index in [0.717, 1.165) is 0 Å². The lowest BCUT2D eigenvalue weighted by molar-refractivity contribution is -0.670. The fourth-order valence-corrected chi connectivity index (χ4v) is 0.891. The van der Waals surface area contributed by atoms with Crippen LogP contribution in [0.4, 0.5) is 0 Å². The van der Waals surface area contributed by atoms with Crippen molar-refractivity contribution >= 4 is 5.91 Å². The van der Waals surface area contributed by atoms with E-state index < -0.39 is 6.10 Å². The van der Waals surface area contributed by atoms with E-state index >= 15 is 0 Å². The molecule has 4 heteroatoms. The molecule has 0 aliphatic heterocycles. The Morgan fingerprint density at radius 3 is 2.75 bits per heavy atom. The Morgan fingerprint density at radius 1 is 1.67 bits per heavy atom. The molecule has 0 fully saturated rings. The van der Waals surface area contributed by atoms with Crippen molar-refractivity contribution in [2.45, 2.75) is 13.0 Å². The van der Waals surface area contributed by atoms with Crippen molar-refractivity contribution in [3.8, 4) is 0 Å². The predicted molar refractivity (Wildman–Crippen MR) is 42.7 cm³/mol. The number of methoxy groups -OCH3 is 1. The topological polar surface area (TPSA) is 35.1 Å². The normalized spacial score (nSPS) is 12.9. The number of ether oxygens (including phenoxy) is 1. The van der Waals surface area contributed by atoms with E-state index in [1.54, 1.807) is 30.2 Å². The molecule has 1 rings (SSSR count). The Hall–Kier alpha value is -1.16. The Labute approximate surface area is 71.4 Å². The van der Waals surface area contributed by atoms with E-state index in [-0.39, 0.29) is 5.91 Å². The molecule has 0 saturated carbocycles. The molecule has 0 amide bonds. The summed E-state index contributed by atoms with van der Waals surface area (Å²) in [5, 5.41) is 0. The van der Waals surface area contributed by atoms with Gasteiger partial charge in [-0.2, -0.15) is 4.57 Å². The second-order valence-corrected chi connectivity index (χ2v) is 2.70. The third-order valence-corrected chi connectivity index (χ3v) is 1.72. The van der Waals surface area contributed by atoms with E-state index in [1.165, 1.54) is 11.7 Å². The van der Waals surface area contributed by atoms with Gasteiger partial charge in [-0.25, -0.2) is 9.36 Å². The van der Waals surface area contributed by atoms with E-state index in [4.69, 9.17) is 4.74 Å². The van der Waals surface area contributed by atoms with Crippen LogP contribution in [0.2, 0.25) is 0 Å². The monoisotopic (exact) mass is 169 g/mol. The first-order valence-corrected chi connectivity index (χ1v) is 3.75. The van der Waals surface area contributed by atoms with Crippen LogP contribution in [0.1, 0.15) is 11.7 Å². The average molecular weight is 169 g/mol. The summed E-state index contributed by atoms with van der Waals surface area (Å²) in [6, 6.07) is 0. The largest absolute Gasteiger partial charge is 0.369 e. The van der Waals surface area contributed by atoms with Crippen LogP contribution in [0, 0.1) is 0 Å². The second-order valence-electron chi connectivity index (χ2n) is 2.70. The standard InChI is InChI=1S/C8H13N2O2/c1-7(12-3)8(11)10-5-4-9(2)6-10/h4-7H,1-3H3/q+1. The molecule has 1 aromatic rings. The van der Waals surface area contributed by atoms with Crippen LogP contribution in [-0.4, -0.2) is 23.7 Å². The number of nitrogens with zero attached hydrogens (tertiary/aromatic N) is 2. The van der Waals surface area contributed by atoms with Crippen LogP contribution in [0.5, 0.6) is 0 Å². The van der Waals surface area contributed by atoms with Crippen molar-refractivity contribution in [1.29, 1.82) is 0 Å². The fourth-order valence-electron chi connectivity index (χ4n) is 0.891. The summed E-state index contributed by atoms with van der Waals surface area (Å²) in [6.07, 6.45) is 4.83.